The van der Waals surface area contributed by atoms with Gasteiger partial charge in [-0.3, -0.25) is 0 Å². The molecule has 2 aromatic rings. The van der Waals surface area contributed by atoms with E-state index in [2.05, 4.69) is 48.6 Å². The van der Waals surface area contributed by atoms with Gasteiger partial charge in [0, 0.05) is 28.8 Å². The Hall–Kier alpha value is -1.22. The molecule has 2 nitrogen and oxygen atoms in total. The molecular weight excluding hydrogens is 291 g/mol. The summed E-state index contributed by atoms with van der Waals surface area (Å²) in [6.07, 6.45) is 0. The average Bonchev–Trinajstić information content (AvgIpc) is 2.37. The second kappa shape index (κ2) is 6.98. The highest BCUT2D eigenvalue weighted by atomic mass is 35.5. The van der Waals surface area contributed by atoms with Gasteiger partial charge >= 0.3 is 0 Å². The normalized spacial score (nSPS) is 10.8. The third kappa shape index (κ3) is 4.41. The summed E-state index contributed by atoms with van der Waals surface area (Å²) >= 11 is 12.1. The molecule has 1 N–H and O–H groups in total. The van der Waals surface area contributed by atoms with Crippen molar-refractivity contribution in [1.82, 2.24) is 4.90 Å². The third-order valence-electron chi connectivity index (χ3n) is 2.92. The van der Waals surface area contributed by atoms with E-state index in [0.717, 1.165) is 17.8 Å². The number of hydrogen-bond acceptors (Lipinski definition) is 2. The lowest BCUT2D eigenvalue weighted by atomic mass is 10.1. The van der Waals surface area contributed by atoms with Crippen molar-refractivity contribution in [2.24, 2.45) is 0 Å². The van der Waals surface area contributed by atoms with E-state index < -0.39 is 0 Å². The van der Waals surface area contributed by atoms with Crippen LogP contribution in [0.15, 0.2) is 42.5 Å². The van der Waals surface area contributed by atoms with Crippen molar-refractivity contribution in [3.05, 3.63) is 63.6 Å². The fraction of sp³-hybridized carbons (Fsp3) is 0.250. The number of halogens is 2. The van der Waals surface area contributed by atoms with Gasteiger partial charge < -0.3 is 10.2 Å². The molecular formula is C16H18Cl2N2. The summed E-state index contributed by atoms with van der Waals surface area (Å²) < 4.78 is 0. The van der Waals surface area contributed by atoms with Gasteiger partial charge in [0.1, 0.15) is 0 Å². The van der Waals surface area contributed by atoms with E-state index in [4.69, 9.17) is 23.2 Å². The summed E-state index contributed by atoms with van der Waals surface area (Å²) in [4.78, 5) is 2.15. The van der Waals surface area contributed by atoms with Crippen molar-refractivity contribution < 1.29 is 0 Å². The van der Waals surface area contributed by atoms with Crippen molar-refractivity contribution in [2.45, 2.75) is 13.1 Å². The van der Waals surface area contributed by atoms with Crippen LogP contribution >= 0.6 is 23.2 Å². The Bertz CT molecular complexity index is 582. The summed E-state index contributed by atoms with van der Waals surface area (Å²) in [5.74, 6) is 0. The molecule has 0 aliphatic carbocycles. The number of hydrogen-bond donors (Lipinski definition) is 1. The molecule has 0 aliphatic heterocycles. The molecule has 2 aromatic carbocycles. The zero-order chi connectivity index (χ0) is 14.5. The van der Waals surface area contributed by atoms with E-state index in [1.54, 1.807) is 6.07 Å². The van der Waals surface area contributed by atoms with Crippen LogP contribution in [0, 0.1) is 0 Å². The molecule has 0 aliphatic rings. The summed E-state index contributed by atoms with van der Waals surface area (Å²) in [5, 5.41) is 4.74. The molecule has 20 heavy (non-hydrogen) atoms. The maximum atomic E-state index is 6.16. The monoisotopic (exact) mass is 308 g/mol. The average molecular weight is 309 g/mol. The summed E-state index contributed by atoms with van der Waals surface area (Å²) in [7, 11) is 4.13. The summed E-state index contributed by atoms with van der Waals surface area (Å²) in [6.45, 7) is 1.61. The number of rotatable bonds is 5. The van der Waals surface area contributed by atoms with Crippen LogP contribution in [-0.2, 0) is 13.1 Å². The standard InChI is InChI=1S/C16H18Cl2N2/c1-20(2)11-12-4-3-5-15(8-12)19-10-13-6-7-14(17)9-16(13)18/h3-9,19H,10-11H2,1-2H3. The highest BCUT2D eigenvalue weighted by Gasteiger charge is 2.02. The SMILES string of the molecule is CN(C)Cc1cccc(NCc2ccc(Cl)cc2Cl)c1. The van der Waals surface area contributed by atoms with Gasteiger partial charge in [0.2, 0.25) is 0 Å². The van der Waals surface area contributed by atoms with Crippen LogP contribution in [-0.4, -0.2) is 19.0 Å². The molecule has 0 saturated carbocycles. The second-order valence-electron chi connectivity index (χ2n) is 5.03. The van der Waals surface area contributed by atoms with Crippen molar-refractivity contribution >= 4 is 28.9 Å². The predicted molar refractivity (Wildman–Crippen MR) is 87.6 cm³/mol. The quantitative estimate of drug-likeness (QED) is 0.863. The van der Waals surface area contributed by atoms with Crippen molar-refractivity contribution in [3.63, 3.8) is 0 Å². The van der Waals surface area contributed by atoms with Gasteiger partial charge in [-0.25, -0.2) is 0 Å². The van der Waals surface area contributed by atoms with Crippen LogP contribution in [0.3, 0.4) is 0 Å². The first-order chi connectivity index (χ1) is 9.54. The number of nitrogens with one attached hydrogen (secondary N) is 1. The molecule has 4 heteroatoms. The molecule has 106 valence electrons. The van der Waals surface area contributed by atoms with Crippen LogP contribution in [0.2, 0.25) is 10.0 Å². The van der Waals surface area contributed by atoms with E-state index in [1.165, 1.54) is 5.56 Å². The molecule has 0 amide bonds. The smallest absolute Gasteiger partial charge is 0.0470 e. The van der Waals surface area contributed by atoms with Gasteiger partial charge in [0.05, 0.1) is 0 Å². The maximum absolute atomic E-state index is 6.16. The zero-order valence-corrected chi connectivity index (χ0v) is 13.2. The van der Waals surface area contributed by atoms with Crippen LogP contribution in [0.4, 0.5) is 5.69 Å². The Morgan fingerprint density at radius 1 is 1.05 bits per heavy atom. The Labute approximate surface area is 130 Å². The number of anilines is 1. The minimum atomic E-state index is 0.659. The van der Waals surface area contributed by atoms with Crippen LogP contribution in [0.1, 0.15) is 11.1 Å². The third-order valence-corrected chi connectivity index (χ3v) is 3.51. The van der Waals surface area contributed by atoms with Crippen molar-refractivity contribution in [3.8, 4) is 0 Å². The number of benzene rings is 2. The molecule has 0 spiro atoms. The van der Waals surface area contributed by atoms with Gasteiger partial charge in [-0.15, -0.1) is 0 Å². The van der Waals surface area contributed by atoms with Gasteiger partial charge in [-0.05, 0) is 49.5 Å². The van der Waals surface area contributed by atoms with Crippen LogP contribution in [0.25, 0.3) is 0 Å². The van der Waals surface area contributed by atoms with Gasteiger partial charge in [0.25, 0.3) is 0 Å². The molecule has 0 heterocycles. The minimum absolute atomic E-state index is 0.659. The molecule has 2 rings (SSSR count). The van der Waals surface area contributed by atoms with E-state index in [0.29, 0.717) is 16.6 Å². The molecule has 0 radical (unpaired) electrons. The molecule has 0 unspecified atom stereocenters. The van der Waals surface area contributed by atoms with E-state index >= 15 is 0 Å². The lowest BCUT2D eigenvalue weighted by Crippen LogP contribution is -2.10. The first-order valence-electron chi connectivity index (χ1n) is 6.46. The van der Waals surface area contributed by atoms with Crippen LogP contribution in [0.5, 0.6) is 0 Å². The van der Waals surface area contributed by atoms with Gasteiger partial charge in [0.15, 0.2) is 0 Å². The van der Waals surface area contributed by atoms with Crippen molar-refractivity contribution in [2.75, 3.05) is 19.4 Å². The van der Waals surface area contributed by atoms with E-state index in [-0.39, 0.29) is 0 Å². The largest absolute Gasteiger partial charge is 0.381 e. The summed E-state index contributed by atoms with van der Waals surface area (Å²) in [6, 6.07) is 14.0. The lowest BCUT2D eigenvalue weighted by Gasteiger charge is -2.12. The van der Waals surface area contributed by atoms with Crippen molar-refractivity contribution in [1.29, 1.82) is 0 Å². The van der Waals surface area contributed by atoms with E-state index in [9.17, 15) is 0 Å². The highest BCUT2D eigenvalue weighted by Crippen LogP contribution is 2.22. The Morgan fingerprint density at radius 2 is 1.85 bits per heavy atom. The zero-order valence-electron chi connectivity index (χ0n) is 11.7. The maximum Gasteiger partial charge on any atom is 0.0470 e. The minimum Gasteiger partial charge on any atom is -0.381 e. The highest BCUT2D eigenvalue weighted by molar-refractivity contribution is 6.35. The Balaban J connectivity index is 2.03. The molecule has 0 aromatic heterocycles. The molecule has 0 atom stereocenters. The predicted octanol–water partition coefficient (Wildman–Crippen LogP) is 4.67. The first-order valence-corrected chi connectivity index (χ1v) is 7.21. The summed E-state index contributed by atoms with van der Waals surface area (Å²) in [5.41, 5.74) is 3.41. The number of nitrogens with zero attached hydrogens (tertiary/aromatic N) is 1. The molecule has 0 saturated heterocycles. The molecule has 0 fully saturated rings. The Morgan fingerprint density at radius 3 is 2.55 bits per heavy atom. The molecule has 0 bridgehead atoms. The second-order valence-corrected chi connectivity index (χ2v) is 5.87. The topological polar surface area (TPSA) is 15.3 Å². The van der Waals surface area contributed by atoms with Gasteiger partial charge in [-0.2, -0.15) is 0 Å². The van der Waals surface area contributed by atoms with Gasteiger partial charge in [-0.1, -0.05) is 41.4 Å². The first kappa shape index (κ1) is 15.2. The lowest BCUT2D eigenvalue weighted by molar-refractivity contribution is 0.402. The van der Waals surface area contributed by atoms with E-state index in [1.807, 2.05) is 12.1 Å². The van der Waals surface area contributed by atoms with Crippen LogP contribution < -0.4 is 5.32 Å². The fourth-order valence-corrected chi connectivity index (χ4v) is 2.48. The fourth-order valence-electron chi connectivity index (χ4n) is 2.01. The Kier molecular flexibility index (Phi) is 5.30.